The van der Waals surface area contributed by atoms with Gasteiger partial charge in [0.05, 0.1) is 12.2 Å². The lowest BCUT2D eigenvalue weighted by Gasteiger charge is -2.41. The van der Waals surface area contributed by atoms with Crippen molar-refractivity contribution in [2.75, 3.05) is 25.0 Å². The number of nitrogens with zero attached hydrogens (tertiary/aromatic N) is 5. The van der Waals surface area contributed by atoms with E-state index in [0.29, 0.717) is 5.69 Å². The Bertz CT molecular complexity index is 1210. The zero-order chi connectivity index (χ0) is 24.7. The Morgan fingerprint density at radius 1 is 1.14 bits per heavy atom. The van der Waals surface area contributed by atoms with Crippen molar-refractivity contribution in [1.29, 1.82) is 0 Å². The monoisotopic (exact) mass is 487 g/mol. The lowest BCUT2D eigenvalue weighted by atomic mass is 9.92. The van der Waals surface area contributed by atoms with E-state index in [1.807, 2.05) is 48.5 Å². The first-order chi connectivity index (χ1) is 17.7. The summed E-state index contributed by atoms with van der Waals surface area (Å²) in [5, 5.41) is 17.3. The van der Waals surface area contributed by atoms with Gasteiger partial charge in [0.1, 0.15) is 12.1 Å². The summed E-state index contributed by atoms with van der Waals surface area (Å²) in [5.41, 5.74) is 2.55. The summed E-state index contributed by atoms with van der Waals surface area (Å²) in [4.78, 5) is 27.8. The molecule has 2 N–H and O–H groups in total. The fraction of sp³-hybridized carbons (Fsp3) is 0.346. The van der Waals surface area contributed by atoms with Crippen LogP contribution in [0.3, 0.4) is 0 Å². The lowest BCUT2D eigenvalue weighted by Crippen LogP contribution is -2.57. The number of likely N-dealkylation sites (tertiary alicyclic amines) is 1. The van der Waals surface area contributed by atoms with E-state index in [2.05, 4.69) is 43.2 Å². The second kappa shape index (κ2) is 11.1. The molecule has 0 spiro atoms. The average molecular weight is 488 g/mol. The highest BCUT2D eigenvalue weighted by molar-refractivity contribution is 5.92. The number of hydrogen-bond acceptors (Lipinski definition) is 7. The van der Waals surface area contributed by atoms with Gasteiger partial charge in [-0.05, 0) is 78.6 Å². The first kappa shape index (κ1) is 23.7. The number of amides is 2. The van der Waals surface area contributed by atoms with E-state index in [4.69, 9.17) is 4.74 Å². The molecule has 1 saturated heterocycles. The molecular formula is C26H29N7O3. The Morgan fingerprint density at radius 3 is 2.83 bits per heavy atom. The number of anilines is 1. The molecule has 2 amide bonds. The zero-order valence-corrected chi connectivity index (χ0v) is 19.9. The van der Waals surface area contributed by atoms with E-state index in [9.17, 15) is 9.59 Å². The standard InChI is InChI=1S/C26H29N7O3/c34-25(28-20-11-13-21(14-12-20)33-18-27-30-31-33)16-32-15-5-8-22-23(32)9-3-1-6-19-7-2-4-10-24(19)36-17-26(35)29-22/h1-4,7,10-14,18,22-23H,5-6,8-9,15-17H2,(H,28,34)(H,29,35)/b3-1+/t22-,23-/m1/s1. The number of nitrogens with one attached hydrogen (secondary N) is 2. The molecule has 2 aliphatic rings. The number of benzene rings is 2. The van der Waals surface area contributed by atoms with Gasteiger partial charge in [-0.1, -0.05) is 30.4 Å². The molecule has 2 aliphatic heterocycles. The SMILES string of the molecule is O=C(CN1CCC[C@H]2NC(=O)COc3ccccc3C/C=C/C[C@H]21)Nc1ccc(-n2cnnn2)cc1. The van der Waals surface area contributed by atoms with Gasteiger partial charge in [-0.15, -0.1) is 5.10 Å². The minimum Gasteiger partial charge on any atom is -0.483 e. The number of tetrazole rings is 1. The average Bonchev–Trinajstić information content (AvgIpc) is 3.42. The Hall–Kier alpha value is -4.05. The van der Waals surface area contributed by atoms with Gasteiger partial charge in [-0.2, -0.15) is 0 Å². The van der Waals surface area contributed by atoms with Gasteiger partial charge in [0.15, 0.2) is 6.61 Å². The third-order valence-electron chi connectivity index (χ3n) is 6.57. The van der Waals surface area contributed by atoms with E-state index in [1.165, 1.54) is 6.33 Å². The van der Waals surface area contributed by atoms with Crippen LogP contribution in [0.25, 0.3) is 5.69 Å². The molecule has 36 heavy (non-hydrogen) atoms. The summed E-state index contributed by atoms with van der Waals surface area (Å²) in [7, 11) is 0. The Morgan fingerprint density at radius 2 is 2.00 bits per heavy atom. The third-order valence-corrected chi connectivity index (χ3v) is 6.57. The van der Waals surface area contributed by atoms with Crippen molar-refractivity contribution in [3.05, 3.63) is 72.6 Å². The molecule has 1 aromatic heterocycles. The third kappa shape index (κ3) is 5.77. The second-order valence-electron chi connectivity index (χ2n) is 9.01. The van der Waals surface area contributed by atoms with Gasteiger partial charge in [-0.25, -0.2) is 4.68 Å². The van der Waals surface area contributed by atoms with Crippen LogP contribution in [0.15, 0.2) is 67.0 Å². The highest BCUT2D eigenvalue weighted by atomic mass is 16.5. The number of hydrogen-bond donors (Lipinski definition) is 2. The summed E-state index contributed by atoms with van der Waals surface area (Å²) in [6.45, 7) is 1.03. The molecule has 1 fully saturated rings. The van der Waals surface area contributed by atoms with Crippen LogP contribution in [0.1, 0.15) is 24.8 Å². The molecule has 2 aromatic carbocycles. The van der Waals surface area contributed by atoms with Gasteiger partial charge in [0.25, 0.3) is 5.91 Å². The molecule has 0 bridgehead atoms. The molecule has 0 aliphatic carbocycles. The summed E-state index contributed by atoms with van der Waals surface area (Å²) in [6, 6.07) is 15.1. The quantitative estimate of drug-likeness (QED) is 0.542. The van der Waals surface area contributed by atoms with Crippen molar-refractivity contribution in [3.63, 3.8) is 0 Å². The number of carbonyl (C=O) groups excluding carboxylic acids is 2. The Labute approximate surface area is 209 Å². The van der Waals surface area contributed by atoms with Crippen molar-refractivity contribution in [3.8, 4) is 11.4 Å². The molecule has 5 rings (SSSR count). The first-order valence-corrected chi connectivity index (χ1v) is 12.2. The second-order valence-corrected chi connectivity index (χ2v) is 9.01. The van der Waals surface area contributed by atoms with Crippen LogP contribution in [0, 0.1) is 0 Å². The normalized spacial score (nSPS) is 21.5. The predicted molar refractivity (Wildman–Crippen MR) is 134 cm³/mol. The van der Waals surface area contributed by atoms with E-state index in [0.717, 1.165) is 49.2 Å². The van der Waals surface area contributed by atoms with Crippen molar-refractivity contribution in [2.45, 2.75) is 37.8 Å². The fourth-order valence-corrected chi connectivity index (χ4v) is 4.82. The topological polar surface area (TPSA) is 114 Å². The summed E-state index contributed by atoms with van der Waals surface area (Å²) in [5.74, 6) is 0.505. The van der Waals surface area contributed by atoms with E-state index in [1.54, 1.807) is 4.68 Å². The molecule has 3 aromatic rings. The minimum atomic E-state index is -0.140. The van der Waals surface area contributed by atoms with Crippen LogP contribution in [0.2, 0.25) is 0 Å². The van der Waals surface area contributed by atoms with E-state index >= 15 is 0 Å². The van der Waals surface area contributed by atoms with Gasteiger partial charge in [0, 0.05) is 17.8 Å². The number of fused-ring (bicyclic) bond motifs is 2. The maximum absolute atomic E-state index is 12.9. The number of para-hydroxylation sites is 1. The maximum Gasteiger partial charge on any atom is 0.258 e. The van der Waals surface area contributed by atoms with Crippen LogP contribution >= 0.6 is 0 Å². The smallest absolute Gasteiger partial charge is 0.258 e. The minimum absolute atomic E-state index is 0.0227. The molecule has 3 heterocycles. The summed E-state index contributed by atoms with van der Waals surface area (Å²) >= 11 is 0. The molecule has 0 radical (unpaired) electrons. The maximum atomic E-state index is 12.9. The van der Waals surface area contributed by atoms with Gasteiger partial charge < -0.3 is 15.4 Å². The number of ether oxygens (including phenoxy) is 1. The Balaban J connectivity index is 1.25. The number of carbonyl (C=O) groups is 2. The number of allylic oxidation sites excluding steroid dienone is 1. The van der Waals surface area contributed by atoms with E-state index in [-0.39, 0.29) is 37.0 Å². The molecule has 186 valence electrons. The summed E-state index contributed by atoms with van der Waals surface area (Å²) < 4.78 is 7.36. The molecule has 10 nitrogen and oxygen atoms in total. The number of aromatic nitrogens is 4. The predicted octanol–water partition coefficient (Wildman–Crippen LogP) is 2.13. The highest BCUT2D eigenvalue weighted by Crippen LogP contribution is 2.24. The van der Waals surface area contributed by atoms with Crippen LogP contribution in [-0.2, 0) is 16.0 Å². The van der Waals surface area contributed by atoms with Crippen LogP contribution in [0.4, 0.5) is 5.69 Å². The number of piperidine rings is 1. The molecule has 10 heteroatoms. The van der Waals surface area contributed by atoms with Crippen molar-refractivity contribution in [1.82, 2.24) is 30.4 Å². The molecule has 2 atom stereocenters. The Kier molecular flexibility index (Phi) is 7.32. The van der Waals surface area contributed by atoms with Gasteiger partial charge >= 0.3 is 0 Å². The van der Waals surface area contributed by atoms with Crippen LogP contribution in [0.5, 0.6) is 5.75 Å². The highest BCUT2D eigenvalue weighted by Gasteiger charge is 2.33. The lowest BCUT2D eigenvalue weighted by molar-refractivity contribution is -0.124. The van der Waals surface area contributed by atoms with Crippen molar-refractivity contribution < 1.29 is 14.3 Å². The molecule has 0 unspecified atom stereocenters. The van der Waals surface area contributed by atoms with Crippen LogP contribution in [-0.4, -0.2) is 68.7 Å². The van der Waals surface area contributed by atoms with Gasteiger partial charge in [0.2, 0.25) is 5.91 Å². The first-order valence-electron chi connectivity index (χ1n) is 12.2. The number of rotatable bonds is 4. The zero-order valence-electron chi connectivity index (χ0n) is 19.9. The van der Waals surface area contributed by atoms with Crippen molar-refractivity contribution >= 4 is 17.5 Å². The summed E-state index contributed by atoms with van der Waals surface area (Å²) in [6.07, 6.45) is 9.07. The fourth-order valence-electron chi connectivity index (χ4n) is 4.82. The van der Waals surface area contributed by atoms with Crippen molar-refractivity contribution in [2.24, 2.45) is 0 Å². The van der Waals surface area contributed by atoms with Gasteiger partial charge in [-0.3, -0.25) is 14.5 Å². The van der Waals surface area contributed by atoms with E-state index < -0.39 is 0 Å². The van der Waals surface area contributed by atoms with Crippen LogP contribution < -0.4 is 15.4 Å². The molecular weight excluding hydrogens is 458 g/mol. The largest absolute Gasteiger partial charge is 0.483 e. The molecule has 0 saturated carbocycles.